The quantitative estimate of drug-likeness (QED) is 0.829. The van der Waals surface area contributed by atoms with Crippen LogP contribution in [0.15, 0.2) is 6.07 Å². The summed E-state index contributed by atoms with van der Waals surface area (Å²) in [5, 5.41) is 8.43. The Hall–Kier alpha value is -0.830. The first kappa shape index (κ1) is 14.1. The van der Waals surface area contributed by atoms with E-state index < -0.39 is 0 Å². The molecule has 1 heterocycles. The molecule has 3 rings (SSSR count). The van der Waals surface area contributed by atoms with Gasteiger partial charge < -0.3 is 5.32 Å². The lowest BCUT2D eigenvalue weighted by Crippen LogP contribution is -2.35. The van der Waals surface area contributed by atoms with Crippen molar-refractivity contribution in [2.45, 2.75) is 58.4 Å². The molecule has 3 nitrogen and oxygen atoms in total. The highest BCUT2D eigenvalue weighted by atomic mass is 15.3. The molecular formula is C17H29N3. The summed E-state index contributed by atoms with van der Waals surface area (Å²) in [6.07, 6.45) is 7.84. The maximum Gasteiger partial charge on any atom is 0.0624 e. The van der Waals surface area contributed by atoms with Gasteiger partial charge in [0.1, 0.15) is 0 Å². The maximum absolute atomic E-state index is 4.60. The van der Waals surface area contributed by atoms with Gasteiger partial charge in [0.25, 0.3) is 0 Å². The highest BCUT2D eigenvalue weighted by Crippen LogP contribution is 2.59. The molecule has 20 heavy (non-hydrogen) atoms. The van der Waals surface area contributed by atoms with Crippen molar-refractivity contribution in [2.24, 2.45) is 24.8 Å². The van der Waals surface area contributed by atoms with E-state index in [4.69, 9.17) is 0 Å². The Morgan fingerprint density at radius 3 is 2.70 bits per heavy atom. The van der Waals surface area contributed by atoms with E-state index in [-0.39, 0.29) is 0 Å². The number of nitrogens with zero attached hydrogens (tertiary/aromatic N) is 2. The van der Waals surface area contributed by atoms with Crippen molar-refractivity contribution >= 4 is 0 Å². The minimum atomic E-state index is 0.672. The molecule has 1 N–H and O–H groups in total. The van der Waals surface area contributed by atoms with Crippen LogP contribution >= 0.6 is 0 Å². The zero-order chi connectivity index (χ0) is 14.1. The van der Waals surface area contributed by atoms with Gasteiger partial charge in [-0.3, -0.25) is 4.68 Å². The van der Waals surface area contributed by atoms with Crippen molar-refractivity contribution in [1.29, 1.82) is 0 Å². The molecule has 0 bridgehead atoms. The number of fused-ring (bicyclic) bond motifs is 1. The van der Waals surface area contributed by atoms with Gasteiger partial charge in [0.05, 0.1) is 5.69 Å². The molecule has 2 saturated carbocycles. The second-order valence-electron chi connectivity index (χ2n) is 6.70. The van der Waals surface area contributed by atoms with Gasteiger partial charge in [-0.25, -0.2) is 0 Å². The summed E-state index contributed by atoms with van der Waals surface area (Å²) in [6.45, 7) is 5.60. The second kappa shape index (κ2) is 5.88. The molecule has 2 aliphatic carbocycles. The third-order valence-electron chi connectivity index (χ3n) is 5.41. The van der Waals surface area contributed by atoms with Crippen molar-refractivity contribution in [1.82, 2.24) is 15.1 Å². The minimum absolute atomic E-state index is 0.672. The summed E-state index contributed by atoms with van der Waals surface area (Å²) in [4.78, 5) is 0. The van der Waals surface area contributed by atoms with E-state index in [1.165, 1.54) is 37.1 Å². The van der Waals surface area contributed by atoms with E-state index >= 15 is 0 Å². The molecule has 0 radical (unpaired) electrons. The highest BCUT2D eigenvalue weighted by molar-refractivity contribution is 5.15. The Bertz CT molecular complexity index is 441. The molecular weight excluding hydrogens is 246 g/mol. The number of rotatable bonds is 7. The van der Waals surface area contributed by atoms with Crippen LogP contribution in [0.25, 0.3) is 0 Å². The predicted octanol–water partition coefficient (Wildman–Crippen LogP) is 2.94. The lowest BCUT2D eigenvalue weighted by Gasteiger charge is -2.20. The number of aryl methyl sites for hydroxylation is 2. The van der Waals surface area contributed by atoms with Gasteiger partial charge in [-0.2, -0.15) is 5.10 Å². The van der Waals surface area contributed by atoms with Crippen LogP contribution in [0.4, 0.5) is 0 Å². The normalized spacial score (nSPS) is 29.4. The van der Waals surface area contributed by atoms with Crippen LogP contribution in [0.2, 0.25) is 0 Å². The van der Waals surface area contributed by atoms with Gasteiger partial charge in [-0.15, -0.1) is 0 Å². The van der Waals surface area contributed by atoms with Crippen LogP contribution in [0.1, 0.15) is 50.9 Å². The largest absolute Gasteiger partial charge is 0.313 e. The Morgan fingerprint density at radius 1 is 1.35 bits per heavy atom. The molecule has 0 aliphatic heterocycles. The Kier molecular flexibility index (Phi) is 4.16. The summed E-state index contributed by atoms with van der Waals surface area (Å²) >= 11 is 0. The van der Waals surface area contributed by atoms with E-state index in [1.807, 2.05) is 0 Å². The lowest BCUT2D eigenvalue weighted by molar-refractivity contribution is 0.396. The summed E-state index contributed by atoms with van der Waals surface area (Å²) in [6, 6.07) is 2.98. The molecule has 1 aromatic heterocycles. The van der Waals surface area contributed by atoms with E-state index in [0.717, 1.165) is 37.1 Å². The van der Waals surface area contributed by atoms with E-state index in [0.29, 0.717) is 6.04 Å². The smallest absolute Gasteiger partial charge is 0.0624 e. The minimum Gasteiger partial charge on any atom is -0.313 e. The van der Waals surface area contributed by atoms with Gasteiger partial charge in [0.2, 0.25) is 0 Å². The first-order valence-electron chi connectivity index (χ1n) is 8.49. The zero-order valence-corrected chi connectivity index (χ0v) is 13.2. The van der Waals surface area contributed by atoms with Crippen molar-refractivity contribution in [3.05, 3.63) is 17.5 Å². The third-order valence-corrected chi connectivity index (χ3v) is 5.41. The topological polar surface area (TPSA) is 29.9 Å². The fraction of sp³-hybridized carbons (Fsp3) is 0.824. The molecule has 0 amide bonds. The first-order chi connectivity index (χ1) is 9.74. The van der Waals surface area contributed by atoms with Crippen LogP contribution in [-0.4, -0.2) is 22.4 Å². The SMILES string of the molecule is CCCNC(Cc1cc(CC)nn1C)C1C2CCCC21. The van der Waals surface area contributed by atoms with Gasteiger partial charge in [-0.1, -0.05) is 20.3 Å². The molecule has 3 heteroatoms. The van der Waals surface area contributed by atoms with Crippen molar-refractivity contribution in [2.75, 3.05) is 6.54 Å². The number of hydrogen-bond donors (Lipinski definition) is 1. The predicted molar refractivity (Wildman–Crippen MR) is 82.7 cm³/mol. The Balaban J connectivity index is 1.67. The Labute approximate surface area is 123 Å². The molecule has 0 spiro atoms. The fourth-order valence-electron chi connectivity index (χ4n) is 4.31. The van der Waals surface area contributed by atoms with Crippen LogP contribution < -0.4 is 5.32 Å². The van der Waals surface area contributed by atoms with Gasteiger partial charge in [0, 0.05) is 25.2 Å². The third kappa shape index (κ3) is 2.65. The summed E-state index contributed by atoms with van der Waals surface area (Å²) < 4.78 is 2.09. The van der Waals surface area contributed by atoms with Gasteiger partial charge in [0.15, 0.2) is 0 Å². The van der Waals surface area contributed by atoms with Crippen LogP contribution in [0.5, 0.6) is 0 Å². The lowest BCUT2D eigenvalue weighted by atomic mass is 9.99. The summed E-state index contributed by atoms with van der Waals surface area (Å²) in [7, 11) is 2.10. The first-order valence-corrected chi connectivity index (χ1v) is 8.49. The zero-order valence-electron chi connectivity index (χ0n) is 13.2. The molecule has 112 valence electrons. The molecule has 0 saturated heterocycles. The second-order valence-corrected chi connectivity index (χ2v) is 6.70. The van der Waals surface area contributed by atoms with E-state index in [1.54, 1.807) is 0 Å². The average Bonchev–Trinajstić information content (AvgIpc) is 2.80. The monoisotopic (exact) mass is 275 g/mol. The standard InChI is InChI=1S/C17H29N3/c1-4-9-18-16(17-14-7-6-8-15(14)17)11-13-10-12(5-2)19-20(13)3/h10,14-18H,4-9,11H2,1-3H3. The number of hydrogen-bond acceptors (Lipinski definition) is 2. The highest BCUT2D eigenvalue weighted by Gasteiger charge is 2.55. The number of nitrogens with one attached hydrogen (secondary N) is 1. The van der Waals surface area contributed by atoms with Crippen molar-refractivity contribution < 1.29 is 0 Å². The molecule has 0 aromatic carbocycles. The van der Waals surface area contributed by atoms with Gasteiger partial charge >= 0.3 is 0 Å². The van der Waals surface area contributed by atoms with Crippen LogP contribution in [0, 0.1) is 17.8 Å². The van der Waals surface area contributed by atoms with Crippen molar-refractivity contribution in [3.63, 3.8) is 0 Å². The van der Waals surface area contributed by atoms with E-state index in [9.17, 15) is 0 Å². The van der Waals surface area contributed by atoms with Crippen LogP contribution in [0.3, 0.4) is 0 Å². The Morgan fingerprint density at radius 2 is 2.10 bits per heavy atom. The van der Waals surface area contributed by atoms with Crippen molar-refractivity contribution in [3.8, 4) is 0 Å². The average molecular weight is 275 g/mol. The number of aromatic nitrogens is 2. The molecule has 2 aliphatic rings. The van der Waals surface area contributed by atoms with Crippen LogP contribution in [-0.2, 0) is 19.9 Å². The van der Waals surface area contributed by atoms with Gasteiger partial charge in [-0.05, 0) is 56.0 Å². The fourth-order valence-corrected chi connectivity index (χ4v) is 4.31. The summed E-state index contributed by atoms with van der Waals surface area (Å²) in [5.41, 5.74) is 2.63. The summed E-state index contributed by atoms with van der Waals surface area (Å²) in [5.74, 6) is 3.00. The molecule has 2 fully saturated rings. The molecule has 1 aromatic rings. The van der Waals surface area contributed by atoms with E-state index in [2.05, 4.69) is 42.1 Å². The molecule has 3 unspecified atom stereocenters. The molecule has 3 atom stereocenters. The maximum atomic E-state index is 4.60.